The number of rotatable bonds is 7. The van der Waals surface area contributed by atoms with Crippen molar-refractivity contribution in [3.63, 3.8) is 0 Å². The minimum absolute atomic E-state index is 0.179. The van der Waals surface area contributed by atoms with Gasteiger partial charge < -0.3 is 14.8 Å². The van der Waals surface area contributed by atoms with E-state index in [9.17, 15) is 10.1 Å². The highest BCUT2D eigenvalue weighted by atomic mass is 16.6. The van der Waals surface area contributed by atoms with Crippen LogP contribution in [0.2, 0.25) is 0 Å². The lowest BCUT2D eigenvalue weighted by atomic mass is 10.2. The van der Waals surface area contributed by atoms with Gasteiger partial charge in [0.05, 0.1) is 12.6 Å². The maximum absolute atomic E-state index is 10.4. The van der Waals surface area contributed by atoms with Crippen LogP contribution in [-0.4, -0.2) is 22.7 Å². The van der Waals surface area contributed by atoms with Crippen LogP contribution in [-0.2, 0) is 6.54 Å². The van der Waals surface area contributed by atoms with Gasteiger partial charge in [0.25, 0.3) is 0 Å². The van der Waals surface area contributed by atoms with Gasteiger partial charge in [0.1, 0.15) is 10.7 Å². The predicted octanol–water partition coefficient (Wildman–Crippen LogP) is 1.44. The van der Waals surface area contributed by atoms with Crippen LogP contribution < -0.4 is 5.32 Å². The van der Waals surface area contributed by atoms with E-state index < -0.39 is 4.92 Å². The fourth-order valence-electron chi connectivity index (χ4n) is 1.33. The third-order valence-electron chi connectivity index (χ3n) is 2.25. The monoisotopic (exact) mass is 228 g/mol. The number of nitrogens with one attached hydrogen (secondary N) is 1. The van der Waals surface area contributed by atoms with Crippen molar-refractivity contribution in [2.45, 2.75) is 32.4 Å². The summed E-state index contributed by atoms with van der Waals surface area (Å²) in [5, 5.41) is 22.2. The highest BCUT2D eigenvalue weighted by Crippen LogP contribution is 2.15. The van der Waals surface area contributed by atoms with Gasteiger partial charge in [0.15, 0.2) is 0 Å². The molecule has 0 amide bonds. The van der Waals surface area contributed by atoms with Crippen LogP contribution in [0.3, 0.4) is 0 Å². The number of furan rings is 1. The van der Waals surface area contributed by atoms with Gasteiger partial charge in [-0.25, -0.2) is 0 Å². The van der Waals surface area contributed by atoms with Crippen molar-refractivity contribution < 1.29 is 14.4 Å². The fraction of sp³-hybridized carbons (Fsp3) is 0.600. The van der Waals surface area contributed by atoms with Crippen molar-refractivity contribution >= 4 is 5.88 Å². The van der Waals surface area contributed by atoms with Gasteiger partial charge >= 0.3 is 5.88 Å². The van der Waals surface area contributed by atoms with Crippen molar-refractivity contribution in [2.75, 3.05) is 6.61 Å². The van der Waals surface area contributed by atoms with Gasteiger partial charge in [-0.15, -0.1) is 0 Å². The van der Waals surface area contributed by atoms with E-state index >= 15 is 0 Å². The summed E-state index contributed by atoms with van der Waals surface area (Å²) in [5.41, 5.74) is 0. The number of hydrogen-bond acceptors (Lipinski definition) is 5. The molecular weight excluding hydrogens is 212 g/mol. The molecule has 0 fully saturated rings. The zero-order valence-electron chi connectivity index (χ0n) is 9.18. The lowest BCUT2D eigenvalue weighted by molar-refractivity contribution is -0.402. The van der Waals surface area contributed by atoms with E-state index in [0.717, 1.165) is 12.8 Å². The quantitative estimate of drug-likeness (QED) is 0.544. The van der Waals surface area contributed by atoms with Crippen LogP contribution in [0.15, 0.2) is 16.5 Å². The largest absolute Gasteiger partial charge is 0.433 e. The van der Waals surface area contributed by atoms with E-state index in [1.165, 1.54) is 6.07 Å². The summed E-state index contributed by atoms with van der Waals surface area (Å²) >= 11 is 0. The number of nitrogens with zero attached hydrogens (tertiary/aromatic N) is 1. The molecule has 0 saturated heterocycles. The molecule has 1 atom stereocenters. The summed E-state index contributed by atoms with van der Waals surface area (Å²) < 4.78 is 4.99. The average Bonchev–Trinajstić information content (AvgIpc) is 2.72. The molecule has 1 aromatic rings. The van der Waals surface area contributed by atoms with E-state index in [1.807, 2.05) is 6.92 Å². The first kappa shape index (κ1) is 12.7. The van der Waals surface area contributed by atoms with E-state index in [1.54, 1.807) is 6.07 Å². The van der Waals surface area contributed by atoms with Crippen molar-refractivity contribution in [3.8, 4) is 0 Å². The van der Waals surface area contributed by atoms with E-state index in [2.05, 4.69) is 5.32 Å². The molecule has 0 bridgehead atoms. The minimum atomic E-state index is -0.557. The van der Waals surface area contributed by atoms with Crippen molar-refractivity contribution in [2.24, 2.45) is 0 Å². The van der Waals surface area contributed by atoms with Gasteiger partial charge in [0, 0.05) is 12.6 Å². The second-order valence-electron chi connectivity index (χ2n) is 3.64. The average molecular weight is 228 g/mol. The van der Waals surface area contributed by atoms with Crippen molar-refractivity contribution in [3.05, 3.63) is 28.0 Å². The Morgan fingerprint density at radius 1 is 1.62 bits per heavy atom. The Kier molecular flexibility index (Phi) is 4.94. The topological polar surface area (TPSA) is 88.5 Å². The SMILES string of the molecule is CC(CCCO)NCc1ccc([N+](=O)[O-])o1. The van der Waals surface area contributed by atoms with Crippen LogP contribution in [0.1, 0.15) is 25.5 Å². The number of nitro groups is 1. The van der Waals surface area contributed by atoms with Gasteiger partial charge in [-0.3, -0.25) is 10.1 Å². The lowest BCUT2D eigenvalue weighted by Gasteiger charge is -2.11. The molecule has 0 aliphatic heterocycles. The van der Waals surface area contributed by atoms with Crippen LogP contribution in [0.5, 0.6) is 0 Å². The summed E-state index contributed by atoms with van der Waals surface area (Å²) in [6.45, 7) is 2.63. The highest BCUT2D eigenvalue weighted by molar-refractivity contribution is 5.17. The summed E-state index contributed by atoms with van der Waals surface area (Å²) in [6.07, 6.45) is 1.60. The lowest BCUT2D eigenvalue weighted by Crippen LogP contribution is -2.25. The number of aliphatic hydroxyl groups excluding tert-OH is 1. The third kappa shape index (κ3) is 4.00. The Labute approximate surface area is 93.4 Å². The minimum Gasteiger partial charge on any atom is -0.404 e. The molecule has 90 valence electrons. The van der Waals surface area contributed by atoms with Crippen LogP contribution in [0.25, 0.3) is 0 Å². The summed E-state index contributed by atoms with van der Waals surface area (Å²) in [7, 11) is 0. The van der Waals surface area contributed by atoms with Crippen molar-refractivity contribution in [1.29, 1.82) is 0 Å². The molecule has 0 spiro atoms. The summed E-state index contributed by atoms with van der Waals surface area (Å²) in [4.78, 5) is 9.80. The summed E-state index contributed by atoms with van der Waals surface area (Å²) in [6, 6.07) is 3.18. The molecule has 1 unspecified atom stereocenters. The molecule has 0 aliphatic carbocycles. The molecule has 2 N–H and O–H groups in total. The first-order valence-corrected chi connectivity index (χ1v) is 5.21. The second kappa shape index (κ2) is 6.24. The van der Waals surface area contributed by atoms with Gasteiger partial charge in [-0.05, 0) is 25.8 Å². The fourth-order valence-corrected chi connectivity index (χ4v) is 1.33. The first-order chi connectivity index (χ1) is 7.63. The molecule has 0 aromatic carbocycles. The molecule has 0 radical (unpaired) electrons. The molecule has 1 rings (SSSR count). The van der Waals surface area contributed by atoms with Crippen molar-refractivity contribution in [1.82, 2.24) is 5.32 Å². The maximum Gasteiger partial charge on any atom is 0.433 e. The van der Waals surface area contributed by atoms with E-state index in [4.69, 9.17) is 9.52 Å². The number of aliphatic hydroxyl groups is 1. The Hall–Kier alpha value is -1.40. The molecule has 1 heterocycles. The highest BCUT2D eigenvalue weighted by Gasteiger charge is 2.11. The van der Waals surface area contributed by atoms with Gasteiger partial charge in [-0.2, -0.15) is 0 Å². The summed E-state index contributed by atoms with van der Waals surface area (Å²) in [5.74, 6) is 0.308. The molecular formula is C10H16N2O4. The zero-order valence-corrected chi connectivity index (χ0v) is 9.18. The smallest absolute Gasteiger partial charge is 0.404 e. The first-order valence-electron chi connectivity index (χ1n) is 5.21. The van der Waals surface area contributed by atoms with E-state index in [0.29, 0.717) is 12.3 Å². The molecule has 6 heteroatoms. The maximum atomic E-state index is 10.4. The van der Waals surface area contributed by atoms with Gasteiger partial charge in [0.2, 0.25) is 0 Å². The third-order valence-corrected chi connectivity index (χ3v) is 2.25. The molecule has 1 aromatic heterocycles. The van der Waals surface area contributed by atoms with E-state index in [-0.39, 0.29) is 18.5 Å². The van der Waals surface area contributed by atoms with Gasteiger partial charge in [-0.1, -0.05) is 0 Å². The van der Waals surface area contributed by atoms with Crippen LogP contribution in [0, 0.1) is 10.1 Å². The Balaban J connectivity index is 2.33. The number of hydrogen-bond donors (Lipinski definition) is 2. The Morgan fingerprint density at radius 2 is 2.38 bits per heavy atom. The Morgan fingerprint density at radius 3 is 2.94 bits per heavy atom. The van der Waals surface area contributed by atoms with Crippen LogP contribution in [0.4, 0.5) is 5.88 Å². The standard InChI is InChI=1S/C10H16N2O4/c1-8(3-2-6-13)11-7-9-4-5-10(16-9)12(14)15/h4-5,8,11,13H,2-3,6-7H2,1H3. The normalized spacial score (nSPS) is 12.6. The second-order valence-corrected chi connectivity index (χ2v) is 3.64. The predicted molar refractivity (Wildman–Crippen MR) is 58.0 cm³/mol. The zero-order chi connectivity index (χ0) is 12.0. The molecule has 6 nitrogen and oxygen atoms in total. The molecule has 16 heavy (non-hydrogen) atoms. The van der Waals surface area contributed by atoms with Crippen LogP contribution >= 0.6 is 0 Å². The molecule has 0 aliphatic rings. The molecule has 0 saturated carbocycles. The Bertz CT molecular complexity index is 337.